The summed E-state index contributed by atoms with van der Waals surface area (Å²) in [4.78, 5) is 0. The number of unbranched alkanes of at least 4 members (excludes halogenated alkanes) is 1. The van der Waals surface area contributed by atoms with Gasteiger partial charge in [-0.3, -0.25) is 0 Å². The fourth-order valence-electron chi connectivity index (χ4n) is 3.51. The third-order valence-electron chi connectivity index (χ3n) is 4.88. The van der Waals surface area contributed by atoms with Crippen LogP contribution >= 0.6 is 27.5 Å². The van der Waals surface area contributed by atoms with E-state index >= 15 is 0 Å². The summed E-state index contributed by atoms with van der Waals surface area (Å²) in [5.41, 5.74) is 1.84. The molecule has 2 rings (SSSR count). The van der Waals surface area contributed by atoms with Gasteiger partial charge in [0.1, 0.15) is 0 Å². The Morgan fingerprint density at radius 2 is 2.05 bits per heavy atom. The van der Waals surface area contributed by atoms with E-state index in [1.165, 1.54) is 56.9 Å². The van der Waals surface area contributed by atoms with Gasteiger partial charge in [0, 0.05) is 10.4 Å². The zero-order valence-corrected chi connectivity index (χ0v) is 14.8. The summed E-state index contributed by atoms with van der Waals surface area (Å²) in [6.45, 7) is 2.30. The van der Waals surface area contributed by atoms with Crippen LogP contribution in [-0.4, -0.2) is 5.33 Å². The number of rotatable bonds is 6. The van der Waals surface area contributed by atoms with Gasteiger partial charge in [-0.2, -0.15) is 0 Å². The van der Waals surface area contributed by atoms with E-state index < -0.39 is 0 Å². The second-order valence-corrected chi connectivity index (χ2v) is 7.52. The summed E-state index contributed by atoms with van der Waals surface area (Å²) >= 11 is 9.90. The molecule has 1 aromatic carbocycles. The minimum Gasteiger partial charge on any atom is -0.0922 e. The van der Waals surface area contributed by atoms with E-state index in [2.05, 4.69) is 41.1 Å². The summed E-state index contributed by atoms with van der Waals surface area (Å²) in [7, 11) is 0. The third kappa shape index (κ3) is 4.49. The lowest BCUT2D eigenvalue weighted by Crippen LogP contribution is -2.31. The summed E-state index contributed by atoms with van der Waals surface area (Å²) in [5, 5.41) is 1.98. The summed E-state index contributed by atoms with van der Waals surface area (Å²) < 4.78 is 0. The SMILES string of the molecule is CCCCC1CCC(CBr)(Cc2cccc(Cl)c2)CC1. The zero-order valence-electron chi connectivity index (χ0n) is 12.5. The smallest absolute Gasteiger partial charge is 0.0408 e. The van der Waals surface area contributed by atoms with E-state index in [0.29, 0.717) is 5.41 Å². The Morgan fingerprint density at radius 1 is 1.30 bits per heavy atom. The maximum atomic E-state index is 6.12. The van der Waals surface area contributed by atoms with Crippen LogP contribution in [0.15, 0.2) is 24.3 Å². The van der Waals surface area contributed by atoms with Crippen LogP contribution in [0.3, 0.4) is 0 Å². The molecule has 0 heterocycles. The molecule has 1 aliphatic rings. The highest BCUT2D eigenvalue weighted by atomic mass is 79.9. The molecule has 112 valence electrons. The number of hydrogen-bond acceptors (Lipinski definition) is 0. The normalized spacial score (nSPS) is 26.6. The molecule has 0 amide bonds. The van der Waals surface area contributed by atoms with Crippen molar-refractivity contribution >= 4 is 27.5 Å². The van der Waals surface area contributed by atoms with Crippen molar-refractivity contribution in [1.82, 2.24) is 0 Å². The van der Waals surface area contributed by atoms with Gasteiger partial charge in [0.2, 0.25) is 0 Å². The van der Waals surface area contributed by atoms with Gasteiger partial charge in [0.25, 0.3) is 0 Å². The van der Waals surface area contributed by atoms with Crippen LogP contribution in [0, 0.1) is 11.3 Å². The van der Waals surface area contributed by atoms with Gasteiger partial charge in [0.15, 0.2) is 0 Å². The van der Waals surface area contributed by atoms with Gasteiger partial charge >= 0.3 is 0 Å². The molecule has 0 radical (unpaired) electrons. The fraction of sp³-hybridized carbons (Fsp3) is 0.667. The highest BCUT2D eigenvalue weighted by Gasteiger charge is 2.34. The molecule has 0 aliphatic heterocycles. The quantitative estimate of drug-likeness (QED) is 0.500. The van der Waals surface area contributed by atoms with Gasteiger partial charge in [-0.1, -0.05) is 65.8 Å². The lowest BCUT2D eigenvalue weighted by molar-refractivity contribution is 0.168. The van der Waals surface area contributed by atoms with E-state index in [1.807, 2.05) is 6.07 Å². The molecule has 2 heteroatoms. The van der Waals surface area contributed by atoms with Crippen molar-refractivity contribution in [1.29, 1.82) is 0 Å². The second-order valence-electron chi connectivity index (χ2n) is 6.53. The Bertz CT molecular complexity index is 408. The van der Waals surface area contributed by atoms with Crippen LogP contribution in [0.1, 0.15) is 57.4 Å². The van der Waals surface area contributed by atoms with Crippen molar-refractivity contribution in [3.8, 4) is 0 Å². The average molecular weight is 358 g/mol. The zero-order chi connectivity index (χ0) is 14.4. The number of benzene rings is 1. The Kier molecular flexibility index (Phi) is 6.42. The maximum Gasteiger partial charge on any atom is 0.0408 e. The molecule has 0 nitrogen and oxygen atoms in total. The van der Waals surface area contributed by atoms with Crippen molar-refractivity contribution in [3.63, 3.8) is 0 Å². The molecule has 0 N–H and O–H groups in total. The predicted octanol–water partition coefficient (Wildman–Crippen LogP) is 6.64. The second kappa shape index (κ2) is 7.84. The fourth-order valence-corrected chi connectivity index (χ4v) is 4.48. The number of halogens is 2. The Hall–Kier alpha value is -0.0100. The molecule has 0 bridgehead atoms. The minimum absolute atomic E-state index is 0.452. The molecule has 0 unspecified atom stereocenters. The first-order valence-corrected chi connectivity index (χ1v) is 9.48. The van der Waals surface area contributed by atoms with Crippen molar-refractivity contribution < 1.29 is 0 Å². The summed E-state index contributed by atoms with van der Waals surface area (Å²) in [6.07, 6.45) is 10.9. The highest BCUT2D eigenvalue weighted by Crippen LogP contribution is 2.44. The first kappa shape index (κ1) is 16.4. The van der Waals surface area contributed by atoms with E-state index in [-0.39, 0.29) is 0 Å². The molecule has 1 fully saturated rings. The van der Waals surface area contributed by atoms with Crippen molar-refractivity contribution in [2.75, 3.05) is 5.33 Å². The van der Waals surface area contributed by atoms with Crippen LogP contribution in [0.2, 0.25) is 5.02 Å². The van der Waals surface area contributed by atoms with Crippen LogP contribution in [0.5, 0.6) is 0 Å². The van der Waals surface area contributed by atoms with Gasteiger partial charge in [-0.25, -0.2) is 0 Å². The Morgan fingerprint density at radius 3 is 2.65 bits per heavy atom. The molecule has 0 atom stereocenters. The molecular formula is C18H26BrCl. The highest BCUT2D eigenvalue weighted by molar-refractivity contribution is 9.09. The van der Waals surface area contributed by atoms with E-state index in [4.69, 9.17) is 11.6 Å². The van der Waals surface area contributed by atoms with Crippen LogP contribution in [-0.2, 0) is 6.42 Å². The largest absolute Gasteiger partial charge is 0.0922 e. The average Bonchev–Trinajstić information content (AvgIpc) is 2.47. The molecular weight excluding hydrogens is 332 g/mol. The van der Waals surface area contributed by atoms with E-state index in [1.54, 1.807) is 0 Å². The van der Waals surface area contributed by atoms with Gasteiger partial charge in [-0.05, 0) is 61.1 Å². The maximum absolute atomic E-state index is 6.12. The third-order valence-corrected chi connectivity index (χ3v) is 6.31. The van der Waals surface area contributed by atoms with Crippen molar-refractivity contribution in [2.24, 2.45) is 11.3 Å². The first-order valence-electron chi connectivity index (χ1n) is 7.98. The number of alkyl halides is 1. The van der Waals surface area contributed by atoms with Crippen molar-refractivity contribution in [2.45, 2.75) is 58.3 Å². The minimum atomic E-state index is 0.452. The van der Waals surface area contributed by atoms with Crippen molar-refractivity contribution in [3.05, 3.63) is 34.9 Å². The van der Waals surface area contributed by atoms with E-state index in [9.17, 15) is 0 Å². The summed E-state index contributed by atoms with van der Waals surface area (Å²) in [5.74, 6) is 0.974. The lowest BCUT2D eigenvalue weighted by atomic mass is 9.68. The molecule has 0 spiro atoms. The lowest BCUT2D eigenvalue weighted by Gasteiger charge is -2.39. The monoisotopic (exact) mass is 356 g/mol. The standard InChI is InChI=1S/C18H26BrCl/c1-2-3-5-15-8-10-18(14-19,11-9-15)13-16-6-4-7-17(20)12-16/h4,6-7,12,15H,2-3,5,8-11,13-14H2,1H3. The number of hydrogen-bond donors (Lipinski definition) is 0. The molecule has 1 saturated carbocycles. The van der Waals surface area contributed by atoms with Gasteiger partial charge in [0.05, 0.1) is 0 Å². The van der Waals surface area contributed by atoms with E-state index in [0.717, 1.165) is 16.3 Å². The van der Waals surface area contributed by atoms with Gasteiger partial charge < -0.3 is 0 Å². The summed E-state index contributed by atoms with van der Waals surface area (Å²) in [6, 6.07) is 8.40. The molecule has 1 aliphatic carbocycles. The molecule has 0 saturated heterocycles. The Balaban J connectivity index is 1.94. The van der Waals surface area contributed by atoms with Crippen LogP contribution in [0.4, 0.5) is 0 Å². The van der Waals surface area contributed by atoms with Gasteiger partial charge in [-0.15, -0.1) is 0 Å². The molecule has 0 aromatic heterocycles. The topological polar surface area (TPSA) is 0 Å². The Labute approximate surface area is 137 Å². The molecule has 1 aromatic rings. The molecule has 20 heavy (non-hydrogen) atoms. The van der Waals surface area contributed by atoms with Crippen LogP contribution < -0.4 is 0 Å². The predicted molar refractivity (Wildman–Crippen MR) is 92.9 cm³/mol. The first-order chi connectivity index (χ1) is 9.67. The van der Waals surface area contributed by atoms with Crippen LogP contribution in [0.25, 0.3) is 0 Å².